The van der Waals surface area contributed by atoms with E-state index in [-0.39, 0.29) is 5.91 Å². The summed E-state index contributed by atoms with van der Waals surface area (Å²) in [4.78, 5) is 15.6. The SMILES string of the molecule is O=C(NCCCCCCI)c1ccncc1Cl. The van der Waals surface area contributed by atoms with Crippen LogP contribution in [0.15, 0.2) is 18.5 Å². The Bertz CT molecular complexity index is 360. The van der Waals surface area contributed by atoms with Crippen LogP contribution in [0, 0.1) is 0 Å². The molecule has 0 aliphatic rings. The van der Waals surface area contributed by atoms with E-state index in [2.05, 4.69) is 32.9 Å². The highest BCUT2D eigenvalue weighted by Gasteiger charge is 2.08. The summed E-state index contributed by atoms with van der Waals surface area (Å²) >= 11 is 8.26. The predicted octanol–water partition coefficient (Wildman–Crippen LogP) is 3.46. The van der Waals surface area contributed by atoms with Crippen LogP contribution >= 0.6 is 34.2 Å². The molecule has 1 rings (SSSR count). The number of alkyl halides is 1. The number of rotatable bonds is 7. The van der Waals surface area contributed by atoms with Crippen LogP contribution in [0.5, 0.6) is 0 Å². The molecular formula is C12H16ClIN2O. The largest absolute Gasteiger partial charge is 0.352 e. The number of aromatic nitrogens is 1. The molecule has 1 N–H and O–H groups in total. The summed E-state index contributed by atoms with van der Waals surface area (Å²) in [5.74, 6) is -0.119. The number of nitrogens with one attached hydrogen (secondary N) is 1. The molecule has 94 valence electrons. The van der Waals surface area contributed by atoms with Crippen molar-refractivity contribution in [1.82, 2.24) is 10.3 Å². The van der Waals surface area contributed by atoms with E-state index in [1.54, 1.807) is 12.3 Å². The Balaban J connectivity index is 2.24. The highest BCUT2D eigenvalue weighted by molar-refractivity contribution is 14.1. The van der Waals surface area contributed by atoms with Crippen molar-refractivity contribution in [3.63, 3.8) is 0 Å². The number of hydrogen-bond donors (Lipinski definition) is 1. The lowest BCUT2D eigenvalue weighted by Gasteiger charge is -2.05. The summed E-state index contributed by atoms with van der Waals surface area (Å²) in [6, 6.07) is 1.63. The molecule has 1 aromatic heterocycles. The van der Waals surface area contributed by atoms with E-state index in [0.717, 1.165) is 12.8 Å². The number of halogens is 2. The second-order valence-corrected chi connectivity index (χ2v) is 5.20. The summed E-state index contributed by atoms with van der Waals surface area (Å²) < 4.78 is 1.21. The van der Waals surface area contributed by atoms with Crippen molar-refractivity contribution in [2.45, 2.75) is 25.7 Å². The number of amides is 1. The van der Waals surface area contributed by atoms with Gasteiger partial charge in [-0.1, -0.05) is 47.0 Å². The molecular weight excluding hydrogens is 351 g/mol. The number of unbranched alkanes of at least 4 members (excludes halogenated alkanes) is 3. The highest BCUT2D eigenvalue weighted by Crippen LogP contribution is 2.12. The smallest absolute Gasteiger partial charge is 0.252 e. The molecule has 1 heterocycles. The minimum Gasteiger partial charge on any atom is -0.352 e. The Morgan fingerprint density at radius 1 is 1.35 bits per heavy atom. The maximum absolute atomic E-state index is 11.7. The first-order chi connectivity index (χ1) is 8.25. The molecule has 1 amide bonds. The number of pyridine rings is 1. The molecule has 0 unspecified atom stereocenters. The number of carbonyl (C=O) groups excluding carboxylic acids is 1. The van der Waals surface area contributed by atoms with Gasteiger partial charge in [-0.2, -0.15) is 0 Å². The maximum Gasteiger partial charge on any atom is 0.252 e. The average Bonchev–Trinajstić information content (AvgIpc) is 2.34. The van der Waals surface area contributed by atoms with Gasteiger partial charge in [-0.05, 0) is 23.3 Å². The Hall–Kier alpha value is -0.360. The van der Waals surface area contributed by atoms with Gasteiger partial charge in [0.05, 0.1) is 10.6 Å². The van der Waals surface area contributed by atoms with Gasteiger partial charge < -0.3 is 5.32 Å². The molecule has 0 aliphatic carbocycles. The fourth-order valence-electron chi connectivity index (χ4n) is 1.43. The van der Waals surface area contributed by atoms with Crippen molar-refractivity contribution < 1.29 is 4.79 Å². The quantitative estimate of drug-likeness (QED) is 0.456. The second-order valence-electron chi connectivity index (χ2n) is 3.71. The Morgan fingerprint density at radius 3 is 2.82 bits per heavy atom. The Kier molecular flexibility index (Phi) is 7.51. The van der Waals surface area contributed by atoms with Crippen LogP contribution in [0.1, 0.15) is 36.0 Å². The molecule has 0 spiro atoms. The average molecular weight is 367 g/mol. The third-order valence-corrected chi connectivity index (χ3v) is 3.43. The molecule has 5 heteroatoms. The fraction of sp³-hybridized carbons (Fsp3) is 0.500. The van der Waals surface area contributed by atoms with E-state index in [0.29, 0.717) is 17.1 Å². The lowest BCUT2D eigenvalue weighted by Crippen LogP contribution is -2.24. The third-order valence-electron chi connectivity index (χ3n) is 2.36. The van der Waals surface area contributed by atoms with Crippen molar-refractivity contribution in [1.29, 1.82) is 0 Å². The third kappa shape index (κ3) is 5.68. The van der Waals surface area contributed by atoms with Crippen molar-refractivity contribution in [3.05, 3.63) is 29.0 Å². The molecule has 17 heavy (non-hydrogen) atoms. The first-order valence-electron chi connectivity index (χ1n) is 5.69. The van der Waals surface area contributed by atoms with E-state index in [1.165, 1.54) is 23.5 Å². The van der Waals surface area contributed by atoms with Gasteiger partial charge in [-0.15, -0.1) is 0 Å². The van der Waals surface area contributed by atoms with E-state index >= 15 is 0 Å². The molecule has 0 saturated heterocycles. The van der Waals surface area contributed by atoms with Gasteiger partial charge in [0.2, 0.25) is 0 Å². The van der Waals surface area contributed by atoms with Crippen LogP contribution in [-0.2, 0) is 0 Å². The first-order valence-corrected chi connectivity index (χ1v) is 7.59. The summed E-state index contributed by atoms with van der Waals surface area (Å²) in [7, 11) is 0. The zero-order valence-corrected chi connectivity index (χ0v) is 12.5. The Morgan fingerprint density at radius 2 is 2.12 bits per heavy atom. The summed E-state index contributed by atoms with van der Waals surface area (Å²) in [6.45, 7) is 0.707. The van der Waals surface area contributed by atoms with Crippen molar-refractivity contribution in [3.8, 4) is 0 Å². The van der Waals surface area contributed by atoms with Gasteiger partial charge in [-0.25, -0.2) is 0 Å². The molecule has 0 aromatic carbocycles. The minimum atomic E-state index is -0.119. The van der Waals surface area contributed by atoms with Gasteiger partial charge in [0, 0.05) is 18.9 Å². The fourth-order valence-corrected chi connectivity index (χ4v) is 2.17. The standard InChI is InChI=1S/C12H16ClIN2O/c13-11-9-15-8-5-10(11)12(17)16-7-4-2-1-3-6-14/h5,8-9H,1-4,6-7H2,(H,16,17). The summed E-state index contributed by atoms with van der Waals surface area (Å²) in [6.07, 6.45) is 7.72. The van der Waals surface area contributed by atoms with Crippen molar-refractivity contribution in [2.24, 2.45) is 0 Å². The topological polar surface area (TPSA) is 42.0 Å². The lowest BCUT2D eigenvalue weighted by atomic mass is 10.2. The molecule has 3 nitrogen and oxygen atoms in total. The van der Waals surface area contributed by atoms with Gasteiger partial charge in [0.15, 0.2) is 0 Å². The van der Waals surface area contributed by atoms with Crippen LogP contribution in [0.3, 0.4) is 0 Å². The number of nitrogens with zero attached hydrogens (tertiary/aromatic N) is 1. The molecule has 1 aromatic rings. The Labute approximate surface area is 120 Å². The summed E-state index contributed by atoms with van der Waals surface area (Å²) in [5.41, 5.74) is 0.494. The van der Waals surface area contributed by atoms with Gasteiger partial charge >= 0.3 is 0 Å². The van der Waals surface area contributed by atoms with Gasteiger partial charge in [0.25, 0.3) is 5.91 Å². The molecule has 0 aliphatic heterocycles. The number of hydrogen-bond acceptors (Lipinski definition) is 2. The summed E-state index contributed by atoms with van der Waals surface area (Å²) in [5, 5.41) is 3.26. The van der Waals surface area contributed by atoms with E-state index in [1.807, 2.05) is 0 Å². The van der Waals surface area contributed by atoms with Crippen LogP contribution in [0.2, 0.25) is 5.02 Å². The second kappa shape index (κ2) is 8.69. The number of carbonyl (C=O) groups is 1. The zero-order chi connectivity index (χ0) is 12.5. The maximum atomic E-state index is 11.7. The highest BCUT2D eigenvalue weighted by atomic mass is 127. The van der Waals surface area contributed by atoms with Gasteiger partial charge in [0.1, 0.15) is 0 Å². The minimum absolute atomic E-state index is 0.119. The normalized spacial score (nSPS) is 10.2. The molecule has 0 saturated carbocycles. The zero-order valence-electron chi connectivity index (χ0n) is 9.59. The molecule has 0 atom stereocenters. The molecule has 0 fully saturated rings. The van der Waals surface area contributed by atoms with Gasteiger partial charge in [-0.3, -0.25) is 9.78 Å². The van der Waals surface area contributed by atoms with Crippen LogP contribution in [0.25, 0.3) is 0 Å². The van der Waals surface area contributed by atoms with Crippen molar-refractivity contribution in [2.75, 3.05) is 11.0 Å². The van der Waals surface area contributed by atoms with Crippen LogP contribution < -0.4 is 5.32 Å². The van der Waals surface area contributed by atoms with E-state index in [9.17, 15) is 4.79 Å². The van der Waals surface area contributed by atoms with E-state index < -0.39 is 0 Å². The molecule has 0 bridgehead atoms. The monoisotopic (exact) mass is 366 g/mol. The van der Waals surface area contributed by atoms with E-state index in [4.69, 9.17) is 11.6 Å². The predicted molar refractivity (Wildman–Crippen MR) is 78.9 cm³/mol. The molecule has 0 radical (unpaired) electrons. The van der Waals surface area contributed by atoms with Crippen LogP contribution in [0.4, 0.5) is 0 Å². The first kappa shape index (κ1) is 14.7. The lowest BCUT2D eigenvalue weighted by molar-refractivity contribution is 0.0953. The van der Waals surface area contributed by atoms with Crippen LogP contribution in [-0.4, -0.2) is 21.9 Å². The van der Waals surface area contributed by atoms with Crippen molar-refractivity contribution >= 4 is 40.1 Å².